The van der Waals surface area contributed by atoms with E-state index in [1.54, 1.807) is 0 Å². The lowest BCUT2D eigenvalue weighted by molar-refractivity contribution is -0.143. The SMILES string of the molecule is NC(=O)CCC(N)C(=O)NC(CC(=O)O)C(=O)NC(CS)C(=O)O. The van der Waals surface area contributed by atoms with E-state index in [1.165, 1.54) is 0 Å². The number of carboxylic acid groups (broad SMARTS) is 2. The highest BCUT2D eigenvalue weighted by atomic mass is 32.1. The van der Waals surface area contributed by atoms with Gasteiger partial charge in [-0.15, -0.1) is 0 Å². The fourth-order valence-electron chi connectivity index (χ4n) is 1.55. The van der Waals surface area contributed by atoms with Crippen LogP contribution < -0.4 is 22.1 Å². The van der Waals surface area contributed by atoms with Crippen LogP contribution in [0.4, 0.5) is 0 Å². The number of carbonyl (C=O) groups is 5. The van der Waals surface area contributed by atoms with E-state index in [0.717, 1.165) is 0 Å². The highest BCUT2D eigenvalue weighted by Gasteiger charge is 2.29. The standard InChI is InChI=1S/C12H20N4O7S/c13-5(1-2-8(14)17)10(20)15-6(3-9(18)19)11(21)16-7(4-24)12(22)23/h5-7,24H,1-4,13H2,(H2,14,17)(H,15,20)(H,16,21)(H,18,19)(H,22,23). The molecule has 0 saturated carbocycles. The molecule has 0 aliphatic heterocycles. The van der Waals surface area contributed by atoms with Crippen molar-refractivity contribution in [2.75, 3.05) is 5.75 Å². The largest absolute Gasteiger partial charge is 0.481 e. The monoisotopic (exact) mass is 364 g/mol. The molecule has 0 rings (SSSR count). The average molecular weight is 364 g/mol. The molecular formula is C12H20N4O7S. The number of hydrogen-bond acceptors (Lipinski definition) is 7. The van der Waals surface area contributed by atoms with Crippen molar-refractivity contribution in [1.82, 2.24) is 10.6 Å². The van der Waals surface area contributed by atoms with E-state index in [-0.39, 0.29) is 18.6 Å². The number of carbonyl (C=O) groups excluding carboxylic acids is 3. The minimum atomic E-state index is -1.53. The Hall–Kier alpha value is -2.34. The second-order valence-electron chi connectivity index (χ2n) is 4.85. The minimum Gasteiger partial charge on any atom is -0.481 e. The van der Waals surface area contributed by atoms with Crippen molar-refractivity contribution in [2.45, 2.75) is 37.4 Å². The van der Waals surface area contributed by atoms with Gasteiger partial charge in [0.05, 0.1) is 12.5 Å². The summed E-state index contributed by atoms with van der Waals surface area (Å²) in [5, 5.41) is 21.8. The number of primary amides is 1. The zero-order valence-corrected chi connectivity index (χ0v) is 13.5. The Morgan fingerprint density at radius 1 is 1.00 bits per heavy atom. The van der Waals surface area contributed by atoms with E-state index in [9.17, 15) is 24.0 Å². The van der Waals surface area contributed by atoms with Gasteiger partial charge in [-0.05, 0) is 6.42 Å². The van der Waals surface area contributed by atoms with Gasteiger partial charge in [-0.2, -0.15) is 12.6 Å². The number of thiol groups is 1. The van der Waals surface area contributed by atoms with Crippen LogP contribution in [-0.4, -0.2) is 63.8 Å². The quantitative estimate of drug-likeness (QED) is 0.188. The Kier molecular flexibility index (Phi) is 9.42. The zero-order chi connectivity index (χ0) is 18.9. The second-order valence-corrected chi connectivity index (χ2v) is 5.22. The Labute approximate surface area is 142 Å². The van der Waals surface area contributed by atoms with Gasteiger partial charge in [0.15, 0.2) is 0 Å². The molecule has 0 saturated heterocycles. The summed E-state index contributed by atoms with van der Waals surface area (Å²) in [6.07, 6.45) is -1.03. The van der Waals surface area contributed by atoms with E-state index in [4.69, 9.17) is 21.7 Å². The third-order valence-corrected chi connectivity index (χ3v) is 3.21. The molecule has 0 radical (unpaired) electrons. The van der Waals surface area contributed by atoms with Gasteiger partial charge in [0.1, 0.15) is 12.1 Å². The lowest BCUT2D eigenvalue weighted by atomic mass is 10.1. The Morgan fingerprint density at radius 2 is 1.54 bits per heavy atom. The number of aliphatic carboxylic acids is 2. The topological polar surface area (TPSA) is 202 Å². The molecule has 136 valence electrons. The van der Waals surface area contributed by atoms with Crippen LogP contribution in [0.15, 0.2) is 0 Å². The van der Waals surface area contributed by atoms with Gasteiger partial charge < -0.3 is 32.3 Å². The zero-order valence-electron chi connectivity index (χ0n) is 12.6. The summed E-state index contributed by atoms with van der Waals surface area (Å²) >= 11 is 3.75. The molecule has 0 aromatic rings. The van der Waals surface area contributed by atoms with Crippen LogP contribution in [0.25, 0.3) is 0 Å². The fourth-order valence-corrected chi connectivity index (χ4v) is 1.80. The first-order chi connectivity index (χ1) is 11.1. The van der Waals surface area contributed by atoms with Crippen LogP contribution in [0.3, 0.4) is 0 Å². The molecule has 0 aliphatic rings. The number of carboxylic acids is 2. The summed E-state index contributed by atoms with van der Waals surface area (Å²) in [7, 11) is 0. The number of nitrogens with two attached hydrogens (primary N) is 2. The molecule has 24 heavy (non-hydrogen) atoms. The molecule has 0 aromatic heterocycles. The highest BCUT2D eigenvalue weighted by Crippen LogP contribution is 2.00. The fraction of sp³-hybridized carbons (Fsp3) is 0.583. The van der Waals surface area contributed by atoms with Crippen molar-refractivity contribution in [1.29, 1.82) is 0 Å². The van der Waals surface area contributed by atoms with E-state index in [1.807, 2.05) is 0 Å². The first-order valence-electron chi connectivity index (χ1n) is 6.78. The maximum atomic E-state index is 12.0. The summed E-state index contributed by atoms with van der Waals surface area (Å²) in [6, 6.07) is -4.06. The van der Waals surface area contributed by atoms with E-state index in [2.05, 4.69) is 23.3 Å². The van der Waals surface area contributed by atoms with Gasteiger partial charge in [-0.1, -0.05) is 0 Å². The molecule has 3 unspecified atom stereocenters. The second kappa shape index (κ2) is 10.4. The van der Waals surface area contributed by atoms with Crippen molar-refractivity contribution < 1.29 is 34.2 Å². The molecule has 0 heterocycles. The van der Waals surface area contributed by atoms with Crippen LogP contribution in [0.5, 0.6) is 0 Å². The first-order valence-corrected chi connectivity index (χ1v) is 7.41. The van der Waals surface area contributed by atoms with Crippen LogP contribution in [0.2, 0.25) is 0 Å². The normalized spacial score (nSPS) is 14.1. The molecule has 0 aromatic carbocycles. The maximum absolute atomic E-state index is 12.0. The molecule has 0 aliphatic carbocycles. The minimum absolute atomic E-state index is 0.0863. The van der Waals surface area contributed by atoms with E-state index in [0.29, 0.717) is 0 Å². The summed E-state index contributed by atoms with van der Waals surface area (Å²) < 4.78 is 0. The van der Waals surface area contributed by atoms with Gasteiger partial charge in [-0.25, -0.2) is 4.79 Å². The Morgan fingerprint density at radius 3 is 1.96 bits per heavy atom. The van der Waals surface area contributed by atoms with Crippen LogP contribution in [0.1, 0.15) is 19.3 Å². The van der Waals surface area contributed by atoms with Crippen LogP contribution >= 0.6 is 12.6 Å². The molecular weight excluding hydrogens is 344 g/mol. The van der Waals surface area contributed by atoms with Crippen molar-refractivity contribution in [2.24, 2.45) is 11.5 Å². The lowest BCUT2D eigenvalue weighted by Gasteiger charge is -2.21. The summed E-state index contributed by atoms with van der Waals surface area (Å²) in [5.74, 6) is -5.52. The number of nitrogens with one attached hydrogen (secondary N) is 2. The van der Waals surface area contributed by atoms with Crippen molar-refractivity contribution in [3.63, 3.8) is 0 Å². The van der Waals surface area contributed by atoms with E-state index >= 15 is 0 Å². The highest BCUT2D eigenvalue weighted by molar-refractivity contribution is 7.80. The number of amides is 3. The average Bonchev–Trinajstić information content (AvgIpc) is 2.48. The molecule has 0 spiro atoms. The van der Waals surface area contributed by atoms with Crippen LogP contribution in [0, 0.1) is 0 Å². The van der Waals surface area contributed by atoms with Gasteiger partial charge in [0.2, 0.25) is 17.7 Å². The van der Waals surface area contributed by atoms with Gasteiger partial charge in [-0.3, -0.25) is 19.2 Å². The van der Waals surface area contributed by atoms with E-state index < -0.39 is 54.2 Å². The third-order valence-electron chi connectivity index (χ3n) is 2.85. The maximum Gasteiger partial charge on any atom is 0.327 e. The third kappa shape index (κ3) is 8.33. The van der Waals surface area contributed by atoms with Crippen LogP contribution in [-0.2, 0) is 24.0 Å². The molecule has 8 N–H and O–H groups in total. The molecule has 12 heteroatoms. The predicted molar refractivity (Wildman–Crippen MR) is 84.0 cm³/mol. The molecule has 0 fully saturated rings. The summed E-state index contributed by atoms with van der Waals surface area (Å²) in [6.45, 7) is 0. The number of rotatable bonds is 11. The number of hydrogen-bond donors (Lipinski definition) is 7. The predicted octanol–water partition coefficient (Wildman–Crippen LogP) is -2.96. The summed E-state index contributed by atoms with van der Waals surface area (Å²) in [4.78, 5) is 56.1. The van der Waals surface area contributed by atoms with Crippen molar-refractivity contribution in [3.05, 3.63) is 0 Å². The molecule has 11 nitrogen and oxygen atoms in total. The molecule has 3 amide bonds. The van der Waals surface area contributed by atoms with Crippen molar-refractivity contribution >= 4 is 42.3 Å². The van der Waals surface area contributed by atoms with Crippen molar-refractivity contribution in [3.8, 4) is 0 Å². The van der Waals surface area contributed by atoms with Gasteiger partial charge in [0, 0.05) is 12.2 Å². The first kappa shape index (κ1) is 21.7. The smallest absolute Gasteiger partial charge is 0.327 e. The lowest BCUT2D eigenvalue weighted by Crippen LogP contribution is -2.55. The molecule has 0 bridgehead atoms. The molecule has 3 atom stereocenters. The van der Waals surface area contributed by atoms with Gasteiger partial charge in [0.25, 0.3) is 0 Å². The Balaban J connectivity index is 4.90. The van der Waals surface area contributed by atoms with Gasteiger partial charge >= 0.3 is 11.9 Å². The Bertz CT molecular complexity index is 514. The summed E-state index contributed by atoms with van der Waals surface area (Å²) in [5.41, 5.74) is 10.4.